The van der Waals surface area contributed by atoms with Crippen LogP contribution in [-0.4, -0.2) is 40.4 Å². The average Bonchev–Trinajstić information content (AvgIpc) is 3.42. The van der Waals surface area contributed by atoms with Gasteiger partial charge in [-0.05, 0) is 56.5 Å². The van der Waals surface area contributed by atoms with Crippen LogP contribution in [0.3, 0.4) is 0 Å². The van der Waals surface area contributed by atoms with Crippen LogP contribution in [0.25, 0.3) is 11.6 Å². The minimum Gasteiger partial charge on any atom is -0.510 e. The Morgan fingerprint density at radius 1 is 1.28 bits per heavy atom. The molecule has 0 bridgehead atoms. The van der Waals surface area contributed by atoms with E-state index in [0.29, 0.717) is 33.8 Å². The normalized spacial score (nSPS) is 16.7. The Kier molecular flexibility index (Phi) is 5.56. The molecule has 5 N–H and O–H groups in total. The molecule has 2 aliphatic rings. The molecule has 1 saturated carbocycles. The van der Waals surface area contributed by atoms with Crippen LogP contribution in [0, 0.1) is 19.7 Å². The van der Waals surface area contributed by atoms with E-state index in [-0.39, 0.29) is 29.8 Å². The highest BCUT2D eigenvalue weighted by Gasteiger charge is 2.26. The van der Waals surface area contributed by atoms with Crippen LogP contribution < -0.4 is 16.0 Å². The smallest absolute Gasteiger partial charge is 0.256 e. The summed E-state index contributed by atoms with van der Waals surface area (Å²) < 4.78 is 13.7. The number of hydrogen-bond acceptors (Lipinski definition) is 4. The number of amides is 3. The summed E-state index contributed by atoms with van der Waals surface area (Å²) in [6.45, 7) is 3.24. The first-order valence-electron chi connectivity index (χ1n) is 10.2. The van der Waals surface area contributed by atoms with Gasteiger partial charge < -0.3 is 26.0 Å². The van der Waals surface area contributed by atoms with Gasteiger partial charge in [0.1, 0.15) is 11.6 Å². The first kappa shape index (κ1) is 21.4. The lowest BCUT2D eigenvalue weighted by molar-refractivity contribution is -0.116. The number of rotatable bonds is 6. The molecule has 2 heterocycles. The lowest BCUT2D eigenvalue weighted by Crippen LogP contribution is -2.28. The summed E-state index contributed by atoms with van der Waals surface area (Å²) in [6.07, 6.45) is 4.51. The van der Waals surface area contributed by atoms with E-state index in [9.17, 15) is 23.9 Å². The van der Waals surface area contributed by atoms with Gasteiger partial charge in [0.2, 0.25) is 5.91 Å². The van der Waals surface area contributed by atoms with E-state index in [1.807, 2.05) is 0 Å². The molecule has 166 valence electrons. The Labute approximate surface area is 183 Å². The summed E-state index contributed by atoms with van der Waals surface area (Å²) in [4.78, 5) is 39.8. The lowest BCUT2D eigenvalue weighted by atomic mass is 10.0. The molecule has 9 heteroatoms. The van der Waals surface area contributed by atoms with Gasteiger partial charge in [-0.3, -0.25) is 14.4 Å². The van der Waals surface area contributed by atoms with E-state index in [1.54, 1.807) is 19.9 Å². The molecule has 1 aliphatic heterocycles. The van der Waals surface area contributed by atoms with Gasteiger partial charge in [-0.15, -0.1) is 0 Å². The first-order chi connectivity index (χ1) is 15.2. The van der Waals surface area contributed by atoms with Crippen molar-refractivity contribution in [3.8, 4) is 0 Å². The number of aromatic amines is 1. The van der Waals surface area contributed by atoms with Crippen LogP contribution >= 0.6 is 0 Å². The predicted molar refractivity (Wildman–Crippen MR) is 117 cm³/mol. The number of anilines is 1. The number of aliphatic hydroxyl groups excluding tert-OH is 1. The topological polar surface area (TPSA) is 123 Å². The number of carbonyl (C=O) groups excluding carboxylic acids is 3. The average molecular weight is 438 g/mol. The van der Waals surface area contributed by atoms with Crippen LogP contribution in [0.15, 0.2) is 30.0 Å². The quantitative estimate of drug-likeness (QED) is 0.351. The zero-order chi connectivity index (χ0) is 23.0. The van der Waals surface area contributed by atoms with Crippen molar-refractivity contribution in [1.29, 1.82) is 0 Å². The van der Waals surface area contributed by atoms with Gasteiger partial charge in [0.15, 0.2) is 0 Å². The molecule has 1 aliphatic carbocycles. The second-order valence-corrected chi connectivity index (χ2v) is 7.97. The fourth-order valence-corrected chi connectivity index (χ4v) is 3.64. The summed E-state index contributed by atoms with van der Waals surface area (Å²) in [5, 5.41) is 17.9. The van der Waals surface area contributed by atoms with Gasteiger partial charge in [-0.1, -0.05) is 0 Å². The Balaban J connectivity index is 1.51. The maximum atomic E-state index is 13.7. The number of nitrogens with one attached hydrogen (secondary N) is 4. The Bertz CT molecular complexity index is 1190. The molecule has 3 amide bonds. The summed E-state index contributed by atoms with van der Waals surface area (Å²) in [5.41, 5.74) is 3.34. The van der Waals surface area contributed by atoms with Gasteiger partial charge in [0.05, 0.1) is 17.7 Å². The molecule has 2 aromatic rings. The number of carbonyl (C=O) groups is 3. The molecule has 1 aromatic carbocycles. The van der Waals surface area contributed by atoms with Crippen molar-refractivity contribution in [2.75, 3.05) is 11.9 Å². The number of benzene rings is 1. The Hall–Kier alpha value is -3.88. The van der Waals surface area contributed by atoms with E-state index < -0.39 is 17.6 Å². The predicted octanol–water partition coefficient (Wildman–Crippen LogP) is 2.71. The molecule has 1 fully saturated rings. The van der Waals surface area contributed by atoms with Gasteiger partial charge >= 0.3 is 0 Å². The molecule has 0 radical (unpaired) electrons. The van der Waals surface area contributed by atoms with E-state index in [2.05, 4.69) is 20.9 Å². The van der Waals surface area contributed by atoms with Crippen LogP contribution in [0.1, 0.15) is 45.7 Å². The van der Waals surface area contributed by atoms with Crippen LogP contribution in [0.5, 0.6) is 0 Å². The SMILES string of the molecule is Cc1[nH]c(/C=C2\C(=O)Nc3ccc(F)cc32)c(C)c1C(=O)NC/C(O)=C/C(=O)NC1CC1. The molecule has 32 heavy (non-hydrogen) atoms. The molecule has 0 spiro atoms. The number of hydrogen-bond donors (Lipinski definition) is 5. The van der Waals surface area contributed by atoms with Gasteiger partial charge in [0, 0.05) is 34.8 Å². The van der Waals surface area contributed by atoms with Crippen molar-refractivity contribution in [2.24, 2.45) is 0 Å². The van der Waals surface area contributed by atoms with Crippen LogP contribution in [0.2, 0.25) is 0 Å². The van der Waals surface area contributed by atoms with Crippen molar-refractivity contribution in [3.05, 3.63) is 63.9 Å². The number of fused-ring (bicyclic) bond motifs is 1. The highest BCUT2D eigenvalue weighted by molar-refractivity contribution is 6.34. The highest BCUT2D eigenvalue weighted by atomic mass is 19.1. The Morgan fingerprint density at radius 3 is 2.75 bits per heavy atom. The minimum atomic E-state index is -0.454. The summed E-state index contributed by atoms with van der Waals surface area (Å²) >= 11 is 0. The second kappa shape index (κ2) is 8.33. The third-order valence-corrected chi connectivity index (χ3v) is 5.41. The standard InChI is InChI=1S/C23H23FN4O4/c1-11-19(9-17-16-7-13(24)3-6-18(16)28-22(17)31)26-12(2)21(11)23(32)25-10-15(29)8-20(30)27-14-4-5-14/h3,6-9,14,26,29H,4-5,10H2,1-2H3,(H,25,32)(H,27,30)(H,28,31)/b15-8-,17-9-. The maximum absolute atomic E-state index is 13.7. The van der Waals surface area contributed by atoms with Gasteiger partial charge in [0.25, 0.3) is 11.8 Å². The monoisotopic (exact) mass is 438 g/mol. The number of aryl methyl sites for hydroxylation is 1. The molecule has 0 atom stereocenters. The van der Waals surface area contributed by atoms with Crippen molar-refractivity contribution in [2.45, 2.75) is 32.7 Å². The van der Waals surface area contributed by atoms with E-state index in [0.717, 1.165) is 18.9 Å². The number of halogens is 1. The molecular formula is C23H23FN4O4. The molecule has 8 nitrogen and oxygen atoms in total. The third kappa shape index (κ3) is 4.41. The summed E-state index contributed by atoms with van der Waals surface area (Å²) in [7, 11) is 0. The molecule has 0 saturated heterocycles. The first-order valence-corrected chi connectivity index (χ1v) is 10.2. The summed E-state index contributed by atoms with van der Waals surface area (Å²) in [5.74, 6) is -1.91. The largest absolute Gasteiger partial charge is 0.510 e. The molecular weight excluding hydrogens is 415 g/mol. The molecule has 4 rings (SSSR count). The number of aromatic nitrogens is 1. The third-order valence-electron chi connectivity index (χ3n) is 5.41. The highest BCUT2D eigenvalue weighted by Crippen LogP contribution is 2.34. The zero-order valence-corrected chi connectivity index (χ0v) is 17.6. The number of H-pyrrole nitrogens is 1. The maximum Gasteiger partial charge on any atom is 0.256 e. The van der Waals surface area contributed by atoms with Crippen molar-refractivity contribution in [1.82, 2.24) is 15.6 Å². The minimum absolute atomic E-state index is 0.171. The summed E-state index contributed by atoms with van der Waals surface area (Å²) in [6, 6.07) is 4.23. The second-order valence-electron chi connectivity index (χ2n) is 7.97. The number of aliphatic hydroxyl groups is 1. The van der Waals surface area contributed by atoms with E-state index >= 15 is 0 Å². The Morgan fingerprint density at radius 2 is 2.03 bits per heavy atom. The molecule has 0 unspecified atom stereocenters. The van der Waals surface area contributed by atoms with Gasteiger partial charge in [-0.25, -0.2) is 4.39 Å². The zero-order valence-electron chi connectivity index (χ0n) is 17.6. The van der Waals surface area contributed by atoms with Crippen LogP contribution in [-0.2, 0) is 9.59 Å². The molecule has 1 aromatic heterocycles. The van der Waals surface area contributed by atoms with E-state index in [1.165, 1.54) is 18.2 Å². The van der Waals surface area contributed by atoms with Crippen molar-refractivity contribution >= 4 is 35.1 Å². The van der Waals surface area contributed by atoms with E-state index in [4.69, 9.17) is 0 Å². The fourth-order valence-electron chi connectivity index (χ4n) is 3.64. The van der Waals surface area contributed by atoms with Gasteiger partial charge in [-0.2, -0.15) is 0 Å². The van der Waals surface area contributed by atoms with Crippen molar-refractivity contribution < 1.29 is 23.9 Å². The lowest BCUT2D eigenvalue weighted by Gasteiger charge is -2.06. The fraction of sp³-hybridized carbons (Fsp3) is 0.261. The van der Waals surface area contributed by atoms with Crippen molar-refractivity contribution in [3.63, 3.8) is 0 Å². The van der Waals surface area contributed by atoms with Crippen LogP contribution in [0.4, 0.5) is 10.1 Å².